The van der Waals surface area contributed by atoms with Crippen molar-refractivity contribution < 1.29 is 4.79 Å². The van der Waals surface area contributed by atoms with Gasteiger partial charge in [-0.05, 0) is 37.8 Å². The second-order valence-electron chi connectivity index (χ2n) is 5.42. The van der Waals surface area contributed by atoms with Gasteiger partial charge in [0.2, 0.25) is 0 Å². The molecular formula is C16H25N3O. The maximum absolute atomic E-state index is 11.9. The molecule has 110 valence electrons. The summed E-state index contributed by atoms with van der Waals surface area (Å²) < 4.78 is 0. The molecule has 0 aliphatic heterocycles. The summed E-state index contributed by atoms with van der Waals surface area (Å²) in [6, 6.07) is 10.9. The highest BCUT2D eigenvalue weighted by Gasteiger charge is 2.21. The van der Waals surface area contributed by atoms with Crippen LogP contribution in [-0.4, -0.2) is 24.7 Å². The molecule has 0 spiro atoms. The summed E-state index contributed by atoms with van der Waals surface area (Å²) in [6.07, 6.45) is 4.43. The van der Waals surface area contributed by atoms with Crippen LogP contribution in [0, 0.1) is 0 Å². The van der Waals surface area contributed by atoms with Gasteiger partial charge in [-0.2, -0.15) is 0 Å². The van der Waals surface area contributed by atoms with Crippen LogP contribution < -0.4 is 16.0 Å². The van der Waals surface area contributed by atoms with Gasteiger partial charge in [-0.15, -0.1) is 0 Å². The Balaban J connectivity index is 1.65. The zero-order valence-corrected chi connectivity index (χ0v) is 12.2. The number of benzene rings is 1. The van der Waals surface area contributed by atoms with Gasteiger partial charge >= 0.3 is 6.03 Å². The van der Waals surface area contributed by atoms with E-state index in [1.807, 2.05) is 30.3 Å². The third-order valence-electron chi connectivity index (χ3n) is 3.85. The fourth-order valence-corrected chi connectivity index (χ4v) is 2.75. The van der Waals surface area contributed by atoms with Gasteiger partial charge in [0.05, 0.1) is 0 Å². The Morgan fingerprint density at radius 3 is 2.40 bits per heavy atom. The number of carbonyl (C=O) groups excluding carboxylic acids is 1. The van der Waals surface area contributed by atoms with Crippen LogP contribution in [0.1, 0.15) is 38.2 Å². The van der Waals surface area contributed by atoms with Gasteiger partial charge in [-0.1, -0.05) is 37.3 Å². The summed E-state index contributed by atoms with van der Waals surface area (Å²) in [4.78, 5) is 11.9. The Morgan fingerprint density at radius 2 is 1.75 bits per heavy atom. The summed E-state index contributed by atoms with van der Waals surface area (Å²) >= 11 is 0. The fraction of sp³-hybridized carbons (Fsp3) is 0.562. The number of hydrogen-bond acceptors (Lipinski definition) is 2. The summed E-state index contributed by atoms with van der Waals surface area (Å²) in [6.45, 7) is 3.75. The van der Waals surface area contributed by atoms with Crippen molar-refractivity contribution in [2.75, 3.05) is 6.54 Å². The Bertz CT molecular complexity index is 399. The first-order chi connectivity index (χ1) is 9.78. The van der Waals surface area contributed by atoms with Gasteiger partial charge in [-0.3, -0.25) is 0 Å². The van der Waals surface area contributed by atoms with Crippen molar-refractivity contribution >= 4 is 6.03 Å². The molecule has 4 nitrogen and oxygen atoms in total. The standard InChI is InChI=1S/C16H25N3O/c1-2-17-14-8-10-15(11-9-14)19-16(20)18-12-13-6-4-3-5-7-13/h3-7,14-15,17H,2,8-12H2,1H3,(H2,18,19,20). The molecule has 3 N–H and O–H groups in total. The van der Waals surface area contributed by atoms with E-state index >= 15 is 0 Å². The Kier molecular flexibility index (Phi) is 5.87. The maximum atomic E-state index is 11.9. The molecule has 1 fully saturated rings. The molecule has 1 aromatic rings. The lowest BCUT2D eigenvalue weighted by Gasteiger charge is -2.29. The molecule has 0 heterocycles. The van der Waals surface area contributed by atoms with Crippen molar-refractivity contribution in [3.05, 3.63) is 35.9 Å². The highest BCUT2D eigenvalue weighted by Crippen LogP contribution is 2.18. The van der Waals surface area contributed by atoms with E-state index < -0.39 is 0 Å². The van der Waals surface area contributed by atoms with E-state index in [1.165, 1.54) is 0 Å². The van der Waals surface area contributed by atoms with E-state index in [4.69, 9.17) is 0 Å². The Labute approximate surface area is 121 Å². The van der Waals surface area contributed by atoms with Gasteiger partial charge in [0.1, 0.15) is 0 Å². The lowest BCUT2D eigenvalue weighted by molar-refractivity contribution is 0.229. The van der Waals surface area contributed by atoms with Crippen LogP contribution in [0.25, 0.3) is 0 Å². The van der Waals surface area contributed by atoms with E-state index in [1.54, 1.807) is 0 Å². The number of urea groups is 1. The number of rotatable bonds is 5. The van der Waals surface area contributed by atoms with Crippen LogP contribution >= 0.6 is 0 Å². The minimum atomic E-state index is -0.0549. The molecule has 0 radical (unpaired) electrons. The number of nitrogens with one attached hydrogen (secondary N) is 3. The van der Waals surface area contributed by atoms with Crippen LogP contribution in [-0.2, 0) is 6.54 Å². The minimum absolute atomic E-state index is 0.0549. The smallest absolute Gasteiger partial charge is 0.315 e. The van der Waals surface area contributed by atoms with E-state index in [9.17, 15) is 4.79 Å². The van der Waals surface area contributed by atoms with Crippen molar-refractivity contribution in [2.24, 2.45) is 0 Å². The van der Waals surface area contributed by atoms with Crippen molar-refractivity contribution in [3.63, 3.8) is 0 Å². The zero-order chi connectivity index (χ0) is 14.2. The third-order valence-corrected chi connectivity index (χ3v) is 3.85. The molecule has 0 aromatic heterocycles. The van der Waals surface area contributed by atoms with Gasteiger partial charge in [0.15, 0.2) is 0 Å². The van der Waals surface area contributed by atoms with Crippen molar-refractivity contribution in [3.8, 4) is 0 Å². The van der Waals surface area contributed by atoms with Crippen molar-refractivity contribution in [2.45, 2.75) is 51.2 Å². The second kappa shape index (κ2) is 7.90. The first kappa shape index (κ1) is 14.9. The van der Waals surface area contributed by atoms with E-state index in [0.717, 1.165) is 37.8 Å². The molecule has 2 amide bonds. The molecule has 20 heavy (non-hydrogen) atoms. The number of carbonyl (C=O) groups is 1. The molecule has 1 aliphatic rings. The van der Waals surface area contributed by atoms with Crippen LogP contribution in [0.2, 0.25) is 0 Å². The molecule has 1 aromatic carbocycles. The van der Waals surface area contributed by atoms with Crippen molar-refractivity contribution in [1.82, 2.24) is 16.0 Å². The molecule has 0 unspecified atom stereocenters. The van der Waals surface area contributed by atoms with Crippen LogP contribution in [0.4, 0.5) is 4.79 Å². The monoisotopic (exact) mass is 275 g/mol. The lowest BCUT2D eigenvalue weighted by Crippen LogP contribution is -2.45. The van der Waals surface area contributed by atoms with Crippen LogP contribution in [0.3, 0.4) is 0 Å². The highest BCUT2D eigenvalue weighted by atomic mass is 16.2. The maximum Gasteiger partial charge on any atom is 0.315 e. The van der Waals surface area contributed by atoms with Gasteiger partial charge in [-0.25, -0.2) is 4.79 Å². The largest absolute Gasteiger partial charge is 0.335 e. The van der Waals surface area contributed by atoms with E-state index in [0.29, 0.717) is 18.6 Å². The molecule has 0 bridgehead atoms. The van der Waals surface area contributed by atoms with Gasteiger partial charge in [0, 0.05) is 18.6 Å². The van der Waals surface area contributed by atoms with Crippen LogP contribution in [0.5, 0.6) is 0 Å². The number of amides is 2. The second-order valence-corrected chi connectivity index (χ2v) is 5.42. The van der Waals surface area contributed by atoms with Crippen molar-refractivity contribution in [1.29, 1.82) is 0 Å². The highest BCUT2D eigenvalue weighted by molar-refractivity contribution is 5.74. The Hall–Kier alpha value is -1.55. The molecule has 1 aliphatic carbocycles. The summed E-state index contributed by atoms with van der Waals surface area (Å²) in [7, 11) is 0. The molecule has 1 saturated carbocycles. The topological polar surface area (TPSA) is 53.2 Å². The fourth-order valence-electron chi connectivity index (χ4n) is 2.75. The third kappa shape index (κ3) is 4.85. The molecule has 0 atom stereocenters. The molecule has 4 heteroatoms. The Morgan fingerprint density at radius 1 is 1.10 bits per heavy atom. The average Bonchev–Trinajstić information content (AvgIpc) is 2.49. The summed E-state index contributed by atoms with van der Waals surface area (Å²) in [5, 5.41) is 9.47. The minimum Gasteiger partial charge on any atom is -0.335 e. The molecule has 0 saturated heterocycles. The van der Waals surface area contributed by atoms with Gasteiger partial charge in [0.25, 0.3) is 0 Å². The summed E-state index contributed by atoms with van der Waals surface area (Å²) in [5.41, 5.74) is 1.12. The average molecular weight is 275 g/mol. The van der Waals surface area contributed by atoms with Gasteiger partial charge < -0.3 is 16.0 Å². The quantitative estimate of drug-likeness (QED) is 0.773. The predicted molar refractivity (Wildman–Crippen MR) is 81.5 cm³/mol. The van der Waals surface area contributed by atoms with Crippen LogP contribution in [0.15, 0.2) is 30.3 Å². The zero-order valence-electron chi connectivity index (χ0n) is 12.2. The molecular weight excluding hydrogens is 250 g/mol. The SMILES string of the molecule is CCNC1CCC(NC(=O)NCc2ccccc2)CC1. The molecule has 2 rings (SSSR count). The lowest BCUT2D eigenvalue weighted by atomic mass is 9.91. The predicted octanol–water partition coefficient (Wildman–Crippen LogP) is 2.41. The van der Waals surface area contributed by atoms with E-state index in [2.05, 4.69) is 22.9 Å². The van der Waals surface area contributed by atoms with E-state index in [-0.39, 0.29) is 6.03 Å². The first-order valence-corrected chi connectivity index (χ1v) is 7.59. The summed E-state index contributed by atoms with van der Waals surface area (Å²) in [5.74, 6) is 0. The first-order valence-electron chi connectivity index (χ1n) is 7.59. The number of hydrogen-bond donors (Lipinski definition) is 3. The normalized spacial score (nSPS) is 22.2.